The lowest BCUT2D eigenvalue weighted by Crippen LogP contribution is -2.27. The van der Waals surface area contributed by atoms with Crippen molar-refractivity contribution in [3.63, 3.8) is 0 Å². The van der Waals surface area contributed by atoms with E-state index in [9.17, 15) is 13.2 Å². The summed E-state index contributed by atoms with van der Waals surface area (Å²) in [7, 11) is 0. The molecule has 0 spiro atoms. The standard InChI is InChI=1S/C11H12F3N3O/c12-11(13,14)8-3-1-2-7-9(4-6(15)5-18)16-17-10(7)8/h1-3,6,18H,4-5,15H2,(H,16,17). The largest absolute Gasteiger partial charge is 0.418 e. The Morgan fingerprint density at radius 2 is 2.11 bits per heavy atom. The number of halogens is 3. The van der Waals surface area contributed by atoms with Crippen LogP contribution in [0.4, 0.5) is 13.2 Å². The van der Waals surface area contributed by atoms with Crippen LogP contribution in [0.15, 0.2) is 18.2 Å². The topological polar surface area (TPSA) is 74.9 Å². The molecule has 0 amide bonds. The van der Waals surface area contributed by atoms with E-state index in [1.807, 2.05) is 0 Å². The number of rotatable bonds is 3. The van der Waals surface area contributed by atoms with Gasteiger partial charge in [-0.3, -0.25) is 5.10 Å². The third kappa shape index (κ3) is 2.32. The number of nitrogens with one attached hydrogen (secondary N) is 1. The first kappa shape index (κ1) is 12.8. The minimum atomic E-state index is -4.44. The highest BCUT2D eigenvalue weighted by atomic mass is 19.4. The van der Waals surface area contributed by atoms with E-state index in [2.05, 4.69) is 10.2 Å². The van der Waals surface area contributed by atoms with Crippen molar-refractivity contribution >= 4 is 10.9 Å². The van der Waals surface area contributed by atoms with E-state index >= 15 is 0 Å². The average molecular weight is 259 g/mol. The minimum Gasteiger partial charge on any atom is -0.395 e. The third-order valence-corrected chi connectivity index (χ3v) is 2.67. The van der Waals surface area contributed by atoms with Gasteiger partial charge in [0, 0.05) is 23.5 Å². The normalized spacial score (nSPS) is 14.1. The third-order valence-electron chi connectivity index (χ3n) is 2.67. The van der Waals surface area contributed by atoms with Crippen LogP contribution in [0.1, 0.15) is 11.3 Å². The Hall–Kier alpha value is -1.60. The summed E-state index contributed by atoms with van der Waals surface area (Å²) in [6, 6.07) is 3.34. The molecule has 0 bridgehead atoms. The Kier molecular flexibility index (Phi) is 3.27. The molecule has 1 unspecified atom stereocenters. The number of para-hydroxylation sites is 1. The van der Waals surface area contributed by atoms with Crippen LogP contribution in [0.25, 0.3) is 10.9 Å². The molecule has 1 aromatic carbocycles. The van der Waals surface area contributed by atoms with Crippen molar-refractivity contribution in [2.75, 3.05) is 6.61 Å². The number of nitrogens with two attached hydrogens (primary N) is 1. The number of fused-ring (bicyclic) bond motifs is 1. The van der Waals surface area contributed by atoms with Crippen molar-refractivity contribution in [2.24, 2.45) is 5.73 Å². The molecule has 2 aromatic rings. The summed E-state index contributed by atoms with van der Waals surface area (Å²) in [6.45, 7) is -0.237. The van der Waals surface area contributed by atoms with E-state index in [4.69, 9.17) is 10.8 Å². The molecular weight excluding hydrogens is 247 g/mol. The molecule has 18 heavy (non-hydrogen) atoms. The van der Waals surface area contributed by atoms with Gasteiger partial charge in [0.25, 0.3) is 0 Å². The summed E-state index contributed by atoms with van der Waals surface area (Å²) < 4.78 is 38.2. The van der Waals surface area contributed by atoms with Crippen LogP contribution in [0.2, 0.25) is 0 Å². The van der Waals surface area contributed by atoms with Crippen LogP contribution >= 0.6 is 0 Å². The highest BCUT2D eigenvalue weighted by molar-refractivity contribution is 5.84. The van der Waals surface area contributed by atoms with E-state index in [0.29, 0.717) is 11.1 Å². The van der Waals surface area contributed by atoms with Gasteiger partial charge in [0.2, 0.25) is 0 Å². The van der Waals surface area contributed by atoms with Crippen molar-refractivity contribution < 1.29 is 18.3 Å². The Balaban J connectivity index is 2.49. The number of nitrogens with zero attached hydrogens (tertiary/aromatic N) is 1. The lowest BCUT2D eigenvalue weighted by Gasteiger charge is -2.08. The molecule has 0 radical (unpaired) electrons. The van der Waals surface area contributed by atoms with E-state index in [0.717, 1.165) is 6.07 Å². The Labute approximate surface area is 101 Å². The zero-order valence-electron chi connectivity index (χ0n) is 9.33. The quantitative estimate of drug-likeness (QED) is 0.780. The Morgan fingerprint density at radius 1 is 1.39 bits per heavy atom. The molecule has 0 saturated heterocycles. The van der Waals surface area contributed by atoms with Crippen LogP contribution in [0, 0.1) is 0 Å². The van der Waals surface area contributed by atoms with E-state index < -0.39 is 17.8 Å². The number of aliphatic hydroxyl groups is 1. The maximum atomic E-state index is 12.7. The number of H-pyrrole nitrogens is 1. The number of hydrogen-bond acceptors (Lipinski definition) is 3. The van der Waals surface area contributed by atoms with Gasteiger partial charge in [0.1, 0.15) is 5.52 Å². The number of alkyl halides is 3. The summed E-state index contributed by atoms with van der Waals surface area (Å²) in [4.78, 5) is 0. The van der Waals surface area contributed by atoms with Crippen molar-refractivity contribution in [1.29, 1.82) is 0 Å². The number of aromatic amines is 1. The monoisotopic (exact) mass is 259 g/mol. The van der Waals surface area contributed by atoms with Crippen LogP contribution < -0.4 is 5.73 Å². The molecule has 0 aliphatic rings. The molecule has 4 N–H and O–H groups in total. The lowest BCUT2D eigenvalue weighted by molar-refractivity contribution is -0.136. The molecule has 2 rings (SSSR count). The molecular formula is C11H12F3N3O. The van der Waals surface area contributed by atoms with Gasteiger partial charge in [0.15, 0.2) is 0 Å². The number of aromatic nitrogens is 2. The molecule has 4 nitrogen and oxygen atoms in total. The Bertz CT molecular complexity index is 550. The molecule has 0 aliphatic heterocycles. The van der Waals surface area contributed by atoms with E-state index in [1.54, 1.807) is 6.07 Å². The number of benzene rings is 1. The second-order valence-corrected chi connectivity index (χ2v) is 4.05. The Morgan fingerprint density at radius 3 is 2.72 bits per heavy atom. The maximum Gasteiger partial charge on any atom is 0.418 e. The van der Waals surface area contributed by atoms with Crippen molar-refractivity contribution in [1.82, 2.24) is 10.2 Å². The molecule has 1 aromatic heterocycles. The zero-order chi connectivity index (χ0) is 13.3. The number of hydrogen-bond donors (Lipinski definition) is 3. The first-order chi connectivity index (χ1) is 8.43. The SMILES string of the molecule is NC(CO)Cc1[nH]nc2c(C(F)(F)F)cccc12. The van der Waals surface area contributed by atoms with Crippen LogP contribution in [-0.4, -0.2) is 28.0 Å². The summed E-state index contributed by atoms with van der Waals surface area (Å²) in [5.41, 5.74) is 5.16. The van der Waals surface area contributed by atoms with Crippen LogP contribution in [0.3, 0.4) is 0 Å². The van der Waals surface area contributed by atoms with Crippen molar-refractivity contribution in [3.05, 3.63) is 29.5 Å². The first-order valence-corrected chi connectivity index (χ1v) is 5.33. The van der Waals surface area contributed by atoms with Gasteiger partial charge in [0.05, 0.1) is 12.2 Å². The van der Waals surface area contributed by atoms with Crippen LogP contribution in [-0.2, 0) is 12.6 Å². The first-order valence-electron chi connectivity index (χ1n) is 5.33. The van der Waals surface area contributed by atoms with Gasteiger partial charge < -0.3 is 10.8 Å². The summed E-state index contributed by atoms with van der Waals surface area (Å²) in [5.74, 6) is 0. The molecule has 1 atom stereocenters. The summed E-state index contributed by atoms with van der Waals surface area (Å²) >= 11 is 0. The molecule has 0 fully saturated rings. The molecule has 1 heterocycles. The van der Waals surface area contributed by atoms with E-state index in [1.165, 1.54) is 6.07 Å². The second kappa shape index (κ2) is 4.58. The fraction of sp³-hybridized carbons (Fsp3) is 0.364. The highest BCUT2D eigenvalue weighted by Crippen LogP contribution is 2.34. The van der Waals surface area contributed by atoms with Gasteiger partial charge in [-0.1, -0.05) is 12.1 Å². The summed E-state index contributed by atoms with van der Waals surface area (Å²) in [6.07, 6.45) is -4.20. The van der Waals surface area contributed by atoms with E-state index in [-0.39, 0.29) is 18.5 Å². The molecule has 0 saturated carbocycles. The fourth-order valence-electron chi connectivity index (χ4n) is 1.80. The molecule has 0 aliphatic carbocycles. The van der Waals surface area contributed by atoms with Gasteiger partial charge in [-0.25, -0.2) is 0 Å². The lowest BCUT2D eigenvalue weighted by atomic mass is 10.1. The maximum absolute atomic E-state index is 12.7. The molecule has 7 heteroatoms. The van der Waals surface area contributed by atoms with Gasteiger partial charge >= 0.3 is 6.18 Å². The number of aliphatic hydroxyl groups excluding tert-OH is 1. The smallest absolute Gasteiger partial charge is 0.395 e. The second-order valence-electron chi connectivity index (χ2n) is 4.05. The predicted molar refractivity (Wildman–Crippen MR) is 59.9 cm³/mol. The highest BCUT2D eigenvalue weighted by Gasteiger charge is 2.33. The minimum absolute atomic E-state index is 0.120. The van der Waals surface area contributed by atoms with Crippen molar-refractivity contribution in [3.8, 4) is 0 Å². The molecule has 98 valence electrons. The average Bonchev–Trinajstić information content (AvgIpc) is 2.71. The zero-order valence-corrected chi connectivity index (χ0v) is 9.33. The predicted octanol–water partition coefficient (Wildman–Crippen LogP) is 1.44. The van der Waals surface area contributed by atoms with Gasteiger partial charge in [-0.15, -0.1) is 0 Å². The van der Waals surface area contributed by atoms with Crippen LogP contribution in [0.5, 0.6) is 0 Å². The van der Waals surface area contributed by atoms with Crippen molar-refractivity contribution in [2.45, 2.75) is 18.6 Å². The van der Waals surface area contributed by atoms with Gasteiger partial charge in [-0.05, 0) is 6.07 Å². The summed E-state index contributed by atoms with van der Waals surface area (Å²) in [5, 5.41) is 15.5. The van der Waals surface area contributed by atoms with Gasteiger partial charge in [-0.2, -0.15) is 18.3 Å². The fourth-order valence-corrected chi connectivity index (χ4v) is 1.80.